The van der Waals surface area contributed by atoms with Crippen LogP contribution in [-0.4, -0.2) is 68.7 Å². The smallest absolute Gasteiger partial charge is 0.249 e. The van der Waals surface area contributed by atoms with Gasteiger partial charge in [0, 0.05) is 32.3 Å². The summed E-state index contributed by atoms with van der Waals surface area (Å²) in [4.78, 5) is 23.9. The summed E-state index contributed by atoms with van der Waals surface area (Å²) in [6.07, 6.45) is 2.13. The van der Waals surface area contributed by atoms with E-state index in [0.717, 1.165) is 6.26 Å². The Morgan fingerprint density at radius 3 is 2.60 bits per heavy atom. The molecule has 4 rings (SSSR count). The molecule has 1 amide bonds. The monoisotopic (exact) mass is 520 g/mol. The summed E-state index contributed by atoms with van der Waals surface area (Å²) in [6, 6.07) is -0.0653. The molecule has 1 aromatic heterocycles. The molecule has 2 heterocycles. The number of halogens is 3. The van der Waals surface area contributed by atoms with Gasteiger partial charge in [0.15, 0.2) is 11.6 Å². The first-order chi connectivity index (χ1) is 14.0. The molecule has 162 valence electrons. The number of rotatable bonds is 3. The van der Waals surface area contributed by atoms with Gasteiger partial charge in [0.25, 0.3) is 0 Å². The number of aromatic nitrogens is 2. The van der Waals surface area contributed by atoms with Crippen LogP contribution in [0.4, 0.5) is 10.2 Å². The molecule has 1 saturated carbocycles. The summed E-state index contributed by atoms with van der Waals surface area (Å²) >= 11 is 9.40. The average Bonchev–Trinajstić information content (AvgIpc) is 2.82. The van der Waals surface area contributed by atoms with Crippen molar-refractivity contribution in [3.05, 3.63) is 15.3 Å². The molecule has 0 N–H and O–H groups in total. The van der Waals surface area contributed by atoms with Gasteiger partial charge in [0.1, 0.15) is 23.0 Å². The van der Waals surface area contributed by atoms with Gasteiger partial charge in [-0.15, -0.1) is 0 Å². The molecule has 2 aliphatic rings. The third-order valence-corrected chi connectivity index (χ3v) is 7.59. The Hall–Kier alpha value is -1.72. The zero-order chi connectivity index (χ0) is 22.0. The molecule has 8 nitrogen and oxygen atoms in total. The van der Waals surface area contributed by atoms with Crippen LogP contribution in [0.1, 0.15) is 12.8 Å². The molecule has 1 fully saturated rings. The summed E-state index contributed by atoms with van der Waals surface area (Å²) in [6.45, 7) is 0.618. The molecule has 1 aliphatic carbocycles. The van der Waals surface area contributed by atoms with Crippen LogP contribution in [-0.2, 0) is 14.6 Å². The number of sulfone groups is 1. The van der Waals surface area contributed by atoms with Crippen LogP contribution in [0.25, 0.3) is 10.9 Å². The van der Waals surface area contributed by atoms with E-state index in [4.69, 9.17) is 16.3 Å². The molecule has 1 aliphatic heterocycles. The lowest BCUT2D eigenvalue weighted by atomic mass is 9.78. The fraction of sp³-hybridized carbons (Fsp3) is 0.500. The average molecular weight is 522 g/mol. The predicted molar refractivity (Wildman–Crippen MR) is 113 cm³/mol. The molecule has 0 bridgehead atoms. The van der Waals surface area contributed by atoms with E-state index in [2.05, 4.69) is 25.9 Å². The van der Waals surface area contributed by atoms with Crippen LogP contribution >= 0.6 is 27.5 Å². The number of benzene rings is 1. The van der Waals surface area contributed by atoms with Crippen molar-refractivity contribution in [2.24, 2.45) is 5.92 Å². The molecule has 2 aromatic rings. The summed E-state index contributed by atoms with van der Waals surface area (Å²) in [5, 5.41) is -0.211. The number of hydrogen-bond acceptors (Lipinski definition) is 7. The Balaban J connectivity index is 1.88. The van der Waals surface area contributed by atoms with Gasteiger partial charge in [-0.1, -0.05) is 11.6 Å². The van der Waals surface area contributed by atoms with Crippen molar-refractivity contribution in [2.75, 3.05) is 38.4 Å². The molecule has 0 spiro atoms. The summed E-state index contributed by atoms with van der Waals surface area (Å²) in [5.74, 6) is -0.405. The van der Waals surface area contributed by atoms with Gasteiger partial charge in [-0.05, 0) is 28.8 Å². The minimum atomic E-state index is -3.81. The minimum absolute atomic E-state index is 0.0353. The summed E-state index contributed by atoms with van der Waals surface area (Å²) in [7, 11) is -0.388. The Bertz CT molecular complexity index is 1170. The fourth-order valence-corrected chi connectivity index (χ4v) is 4.94. The molecule has 30 heavy (non-hydrogen) atoms. The largest absolute Gasteiger partial charge is 0.489 e. The summed E-state index contributed by atoms with van der Waals surface area (Å²) in [5.41, 5.74) is -0.182. The molecule has 12 heteroatoms. The Morgan fingerprint density at radius 2 is 2.00 bits per heavy atom. The summed E-state index contributed by atoms with van der Waals surface area (Å²) < 4.78 is 45.1. The first-order valence-corrected chi connectivity index (χ1v) is 12.3. The number of carbonyl (C=O) groups excluding carboxylic acids is 1. The van der Waals surface area contributed by atoms with Crippen molar-refractivity contribution < 1.29 is 22.3 Å². The van der Waals surface area contributed by atoms with Gasteiger partial charge >= 0.3 is 0 Å². The molecular formula is C18H19BrClFN4O4S. The number of ether oxygens (including phenoxy) is 1. The lowest BCUT2D eigenvalue weighted by Gasteiger charge is -2.43. The van der Waals surface area contributed by atoms with E-state index in [9.17, 15) is 13.2 Å². The molecular weight excluding hydrogens is 503 g/mol. The van der Waals surface area contributed by atoms with Gasteiger partial charge in [-0.2, -0.15) is 0 Å². The predicted octanol–water partition coefficient (Wildman–Crippen LogP) is 2.65. The van der Waals surface area contributed by atoms with Crippen molar-refractivity contribution in [1.82, 2.24) is 14.9 Å². The van der Waals surface area contributed by atoms with Crippen LogP contribution in [0.5, 0.6) is 5.75 Å². The number of hydrogen-bond donors (Lipinski definition) is 0. The van der Waals surface area contributed by atoms with E-state index in [0.29, 0.717) is 19.4 Å². The third kappa shape index (κ3) is 3.40. The topological polar surface area (TPSA) is 92.7 Å². The van der Waals surface area contributed by atoms with Gasteiger partial charge < -0.3 is 14.5 Å². The van der Waals surface area contributed by atoms with Crippen molar-refractivity contribution in [2.45, 2.75) is 24.0 Å². The minimum Gasteiger partial charge on any atom is -0.489 e. The van der Waals surface area contributed by atoms with E-state index in [1.807, 2.05) is 4.90 Å². The van der Waals surface area contributed by atoms with Gasteiger partial charge in [0.2, 0.25) is 20.9 Å². The SMILES string of the molecule is CN(C)C(=O)C1CC(N2CCOc3c(Cl)c(Br)c(F)c4nc(S(C)(=O)=O)nc2c34)C1. The van der Waals surface area contributed by atoms with Crippen LogP contribution in [0.2, 0.25) is 5.02 Å². The highest BCUT2D eigenvalue weighted by molar-refractivity contribution is 9.10. The zero-order valence-electron chi connectivity index (χ0n) is 16.4. The Morgan fingerprint density at radius 1 is 1.33 bits per heavy atom. The highest BCUT2D eigenvalue weighted by Crippen LogP contribution is 2.47. The zero-order valence-corrected chi connectivity index (χ0v) is 19.6. The first-order valence-electron chi connectivity index (χ1n) is 9.19. The van der Waals surface area contributed by atoms with E-state index >= 15 is 4.39 Å². The van der Waals surface area contributed by atoms with Crippen molar-refractivity contribution in [3.63, 3.8) is 0 Å². The molecule has 1 aromatic carbocycles. The van der Waals surface area contributed by atoms with E-state index in [1.54, 1.807) is 19.0 Å². The van der Waals surface area contributed by atoms with E-state index in [-0.39, 0.29) is 56.4 Å². The molecule has 0 atom stereocenters. The van der Waals surface area contributed by atoms with Crippen LogP contribution in [0, 0.1) is 11.7 Å². The highest BCUT2D eigenvalue weighted by atomic mass is 79.9. The van der Waals surface area contributed by atoms with Crippen LogP contribution in [0.15, 0.2) is 9.63 Å². The van der Waals surface area contributed by atoms with Gasteiger partial charge in [-0.3, -0.25) is 4.79 Å². The Labute approximate surface area is 186 Å². The Kier molecular flexibility index (Phi) is 5.34. The maximum atomic E-state index is 15.0. The maximum Gasteiger partial charge on any atom is 0.249 e. The second-order valence-electron chi connectivity index (χ2n) is 7.69. The van der Waals surface area contributed by atoms with Crippen LogP contribution < -0.4 is 9.64 Å². The quantitative estimate of drug-likeness (QED) is 0.453. The normalized spacial score (nSPS) is 21.1. The number of carbonyl (C=O) groups is 1. The van der Waals surface area contributed by atoms with E-state index in [1.165, 1.54) is 0 Å². The van der Waals surface area contributed by atoms with Crippen molar-refractivity contribution in [1.29, 1.82) is 0 Å². The van der Waals surface area contributed by atoms with E-state index < -0.39 is 20.8 Å². The van der Waals surface area contributed by atoms with Gasteiger partial charge in [-0.25, -0.2) is 22.8 Å². The first kappa shape index (κ1) is 21.5. The second kappa shape index (κ2) is 7.45. The molecule has 0 radical (unpaired) electrons. The molecule has 0 saturated heterocycles. The number of anilines is 1. The third-order valence-electron chi connectivity index (χ3n) is 5.42. The lowest BCUT2D eigenvalue weighted by molar-refractivity contribution is -0.136. The fourth-order valence-electron chi connectivity index (χ4n) is 3.83. The maximum absolute atomic E-state index is 15.0. The second-order valence-corrected chi connectivity index (χ2v) is 10.8. The lowest BCUT2D eigenvalue weighted by Crippen LogP contribution is -2.50. The highest BCUT2D eigenvalue weighted by Gasteiger charge is 2.41. The van der Waals surface area contributed by atoms with Crippen LogP contribution in [0.3, 0.4) is 0 Å². The molecule has 0 unspecified atom stereocenters. The van der Waals surface area contributed by atoms with Gasteiger partial charge in [0.05, 0.1) is 16.4 Å². The number of amides is 1. The number of nitrogens with zero attached hydrogens (tertiary/aromatic N) is 4. The van der Waals surface area contributed by atoms with Crippen molar-refractivity contribution in [3.8, 4) is 5.75 Å². The van der Waals surface area contributed by atoms with Crippen molar-refractivity contribution >= 4 is 60.0 Å². The standard InChI is InChI=1S/C18H19BrClFN4O4S/c1-24(2)17(26)8-6-9(7-8)25-4-5-29-15-10-14(13(21)11(19)12(15)20)22-18(23-16(10)25)30(3,27)28/h8-9H,4-7H2,1-3H3.